The Kier molecular flexibility index (Phi) is 4.79. The summed E-state index contributed by atoms with van der Waals surface area (Å²) in [5.41, 5.74) is 0. The molecule has 0 aromatic carbocycles. The van der Waals surface area contributed by atoms with Gasteiger partial charge in [-0.3, -0.25) is 0 Å². The fraction of sp³-hybridized carbons (Fsp3) is 1.00. The zero-order valence-electron chi connectivity index (χ0n) is 9.70. The highest BCUT2D eigenvalue weighted by molar-refractivity contribution is 7.89. The van der Waals surface area contributed by atoms with Gasteiger partial charge in [-0.2, -0.15) is 17.5 Å². The van der Waals surface area contributed by atoms with Gasteiger partial charge in [0.2, 0.25) is 10.0 Å². The lowest BCUT2D eigenvalue weighted by Crippen LogP contribution is -2.47. The zero-order valence-corrected chi connectivity index (χ0v) is 10.5. The summed E-state index contributed by atoms with van der Waals surface area (Å²) in [6, 6.07) is 0. The van der Waals surface area contributed by atoms with Crippen molar-refractivity contribution in [1.29, 1.82) is 0 Å². The first-order valence-corrected chi connectivity index (χ1v) is 7.05. The molecule has 1 saturated heterocycles. The molecular weight excluding hydrogens is 257 g/mol. The van der Waals surface area contributed by atoms with E-state index in [1.54, 1.807) is 0 Å². The first-order valence-electron chi connectivity index (χ1n) is 5.44. The minimum Gasteiger partial charge on any atom is -0.304 e. The van der Waals surface area contributed by atoms with E-state index in [2.05, 4.69) is 0 Å². The van der Waals surface area contributed by atoms with Crippen LogP contribution in [0.3, 0.4) is 0 Å². The predicted octanol–water partition coefficient (Wildman–Crippen LogP) is 0.906. The normalized spacial score (nSPS) is 20.7. The maximum Gasteiger partial charge on any atom is 0.389 e. The molecule has 0 atom stereocenters. The van der Waals surface area contributed by atoms with E-state index in [-0.39, 0.29) is 6.42 Å². The molecule has 1 fully saturated rings. The SMILES string of the molecule is CN1CCN(S(=O)(=O)CCCC(F)(F)F)CC1. The molecule has 17 heavy (non-hydrogen) atoms. The van der Waals surface area contributed by atoms with Crippen LogP contribution in [0.5, 0.6) is 0 Å². The molecule has 102 valence electrons. The zero-order chi connectivity index (χ0) is 13.1. The van der Waals surface area contributed by atoms with Crippen LogP contribution in [0.1, 0.15) is 12.8 Å². The van der Waals surface area contributed by atoms with E-state index >= 15 is 0 Å². The summed E-state index contributed by atoms with van der Waals surface area (Å²) in [7, 11) is -1.64. The largest absolute Gasteiger partial charge is 0.389 e. The molecule has 1 rings (SSSR count). The third kappa shape index (κ3) is 5.22. The number of hydrogen-bond acceptors (Lipinski definition) is 3. The molecule has 0 aromatic rings. The first-order chi connectivity index (χ1) is 7.71. The number of hydrogen-bond donors (Lipinski definition) is 0. The molecule has 0 N–H and O–H groups in total. The predicted molar refractivity (Wildman–Crippen MR) is 58.1 cm³/mol. The molecule has 1 heterocycles. The minimum atomic E-state index is -4.28. The summed E-state index contributed by atoms with van der Waals surface area (Å²) in [4.78, 5) is 1.99. The fourth-order valence-corrected chi connectivity index (χ4v) is 3.14. The summed E-state index contributed by atoms with van der Waals surface area (Å²) >= 11 is 0. The van der Waals surface area contributed by atoms with Crippen molar-refractivity contribution in [2.24, 2.45) is 0 Å². The summed E-state index contributed by atoms with van der Waals surface area (Å²) in [6.07, 6.45) is -5.68. The van der Waals surface area contributed by atoms with Crippen LogP contribution in [-0.4, -0.2) is 62.8 Å². The van der Waals surface area contributed by atoms with E-state index in [1.165, 1.54) is 4.31 Å². The van der Waals surface area contributed by atoms with Crippen LogP contribution in [0, 0.1) is 0 Å². The van der Waals surface area contributed by atoms with E-state index in [0.29, 0.717) is 26.2 Å². The summed E-state index contributed by atoms with van der Waals surface area (Å²) in [5, 5.41) is 0. The van der Waals surface area contributed by atoms with Gasteiger partial charge in [0.1, 0.15) is 0 Å². The van der Waals surface area contributed by atoms with Gasteiger partial charge >= 0.3 is 6.18 Å². The third-order valence-electron chi connectivity index (χ3n) is 2.72. The third-order valence-corrected chi connectivity index (χ3v) is 4.67. The number of rotatable bonds is 4. The van der Waals surface area contributed by atoms with Crippen LogP contribution in [0.2, 0.25) is 0 Å². The Labute approximate surface area is 99.4 Å². The molecule has 0 aromatic heterocycles. The Bertz CT molecular complexity index is 335. The number of halogens is 3. The second-order valence-electron chi connectivity index (χ2n) is 4.24. The molecular formula is C9H17F3N2O2S. The number of alkyl halides is 3. The minimum absolute atomic E-state index is 0.363. The van der Waals surface area contributed by atoms with Crippen LogP contribution in [0.25, 0.3) is 0 Å². The Balaban J connectivity index is 2.41. The van der Waals surface area contributed by atoms with E-state index in [1.807, 2.05) is 11.9 Å². The average molecular weight is 274 g/mol. The summed E-state index contributed by atoms with van der Waals surface area (Å²) in [5.74, 6) is -0.420. The van der Waals surface area contributed by atoms with Gasteiger partial charge in [-0.1, -0.05) is 0 Å². The van der Waals surface area contributed by atoms with Crippen molar-refractivity contribution in [3.8, 4) is 0 Å². The van der Waals surface area contributed by atoms with Gasteiger partial charge in [0, 0.05) is 32.6 Å². The number of likely N-dealkylation sites (N-methyl/N-ethyl adjacent to an activating group) is 1. The van der Waals surface area contributed by atoms with Gasteiger partial charge in [0.25, 0.3) is 0 Å². The number of piperazine rings is 1. The average Bonchev–Trinajstić information content (AvgIpc) is 2.15. The smallest absolute Gasteiger partial charge is 0.304 e. The second-order valence-corrected chi connectivity index (χ2v) is 6.33. The van der Waals surface area contributed by atoms with Crippen LogP contribution in [0.4, 0.5) is 13.2 Å². The molecule has 4 nitrogen and oxygen atoms in total. The van der Waals surface area contributed by atoms with Gasteiger partial charge in [0.15, 0.2) is 0 Å². The van der Waals surface area contributed by atoms with Crippen molar-refractivity contribution >= 4 is 10.0 Å². The highest BCUT2D eigenvalue weighted by Gasteiger charge is 2.30. The Hall–Kier alpha value is -0.340. The summed E-state index contributed by atoms with van der Waals surface area (Å²) < 4.78 is 60.4. The van der Waals surface area contributed by atoms with Gasteiger partial charge in [-0.25, -0.2) is 8.42 Å². The maximum atomic E-state index is 11.9. The molecule has 1 aliphatic heterocycles. The molecule has 0 amide bonds. The van der Waals surface area contributed by atoms with Gasteiger partial charge in [-0.15, -0.1) is 0 Å². The molecule has 0 radical (unpaired) electrons. The highest BCUT2D eigenvalue weighted by Crippen LogP contribution is 2.22. The van der Waals surface area contributed by atoms with Crippen molar-refractivity contribution < 1.29 is 21.6 Å². The molecule has 0 saturated carbocycles. The first kappa shape index (κ1) is 14.7. The Morgan fingerprint density at radius 1 is 1.12 bits per heavy atom. The monoisotopic (exact) mass is 274 g/mol. The van der Waals surface area contributed by atoms with Crippen molar-refractivity contribution in [2.45, 2.75) is 19.0 Å². The van der Waals surface area contributed by atoms with E-state index in [9.17, 15) is 21.6 Å². The molecule has 1 aliphatic rings. The van der Waals surface area contributed by atoms with Gasteiger partial charge < -0.3 is 4.90 Å². The van der Waals surface area contributed by atoms with E-state index in [4.69, 9.17) is 0 Å². The number of nitrogens with zero attached hydrogens (tertiary/aromatic N) is 2. The standard InChI is InChI=1S/C9H17F3N2O2S/c1-13-4-6-14(7-5-13)17(15,16)8-2-3-9(10,11)12/h2-8H2,1H3. The van der Waals surface area contributed by atoms with E-state index < -0.39 is 28.4 Å². The molecule has 0 unspecified atom stereocenters. The van der Waals surface area contributed by atoms with E-state index in [0.717, 1.165) is 0 Å². The van der Waals surface area contributed by atoms with Crippen LogP contribution >= 0.6 is 0 Å². The van der Waals surface area contributed by atoms with Gasteiger partial charge in [0.05, 0.1) is 5.75 Å². The Morgan fingerprint density at radius 3 is 2.12 bits per heavy atom. The van der Waals surface area contributed by atoms with Crippen molar-refractivity contribution in [2.75, 3.05) is 39.0 Å². The second kappa shape index (κ2) is 5.53. The fourth-order valence-electron chi connectivity index (χ4n) is 1.65. The van der Waals surface area contributed by atoms with Gasteiger partial charge in [-0.05, 0) is 13.5 Å². The van der Waals surface area contributed by atoms with Crippen LogP contribution < -0.4 is 0 Å². The number of sulfonamides is 1. The quantitative estimate of drug-likeness (QED) is 0.765. The van der Waals surface area contributed by atoms with Crippen molar-refractivity contribution in [3.05, 3.63) is 0 Å². The highest BCUT2D eigenvalue weighted by atomic mass is 32.2. The lowest BCUT2D eigenvalue weighted by molar-refractivity contribution is -0.134. The van der Waals surface area contributed by atoms with Crippen molar-refractivity contribution in [3.63, 3.8) is 0 Å². The lowest BCUT2D eigenvalue weighted by Gasteiger charge is -2.31. The molecule has 0 spiro atoms. The lowest BCUT2D eigenvalue weighted by atomic mass is 10.3. The Morgan fingerprint density at radius 2 is 1.65 bits per heavy atom. The molecule has 0 aliphatic carbocycles. The topological polar surface area (TPSA) is 40.6 Å². The van der Waals surface area contributed by atoms with Crippen molar-refractivity contribution in [1.82, 2.24) is 9.21 Å². The maximum absolute atomic E-state index is 11.9. The van der Waals surface area contributed by atoms with Crippen LogP contribution in [0.15, 0.2) is 0 Å². The summed E-state index contributed by atoms with van der Waals surface area (Å²) in [6.45, 7) is 1.98. The molecule has 0 bridgehead atoms. The molecule has 8 heteroatoms. The van der Waals surface area contributed by atoms with Crippen LogP contribution in [-0.2, 0) is 10.0 Å².